The second kappa shape index (κ2) is 66.7. The van der Waals surface area contributed by atoms with E-state index in [1.165, 1.54) is 84.3 Å². The first-order chi connectivity index (χ1) is 38.0. The number of aryl methyl sites for hydroxylation is 2. The van der Waals surface area contributed by atoms with Gasteiger partial charge in [0.05, 0.1) is 0 Å². The van der Waals surface area contributed by atoms with Crippen LogP contribution in [0.2, 0.25) is 0 Å². The van der Waals surface area contributed by atoms with Gasteiger partial charge in [-0.15, -0.1) is 0 Å². The number of thiophene rings is 2. The second-order valence-electron chi connectivity index (χ2n) is 15.5. The molecule has 0 fully saturated rings. The summed E-state index contributed by atoms with van der Waals surface area (Å²) in [5.74, 6) is 1.13. The largest absolute Gasteiger partial charge is 1.00 e. The van der Waals surface area contributed by atoms with Gasteiger partial charge in [-0.3, -0.25) is 14.8 Å². The fraction of sp³-hybridized carbons (Fsp3) is 0.434. The Morgan fingerprint density at radius 2 is 0.709 bits per heavy atom. The SMILES string of the molecule is C.C.C.C.C.C.CC.CC.CC.CC.CC.CC.CC.CCC.CCC(=O)O.Cc1cc(OCc2ccccc2)c(-c2cscc2-c2cccnc2)c(C)c1C.Cc1cc(OCc2ccccc2)c(-c2cscc2-c2cccnc2)c(C)c1C.[Li+].[OH-]. The first-order valence-corrected chi connectivity index (χ1v) is 30.6. The molecule has 8 aromatic rings. The number of hydrogen-bond acceptors (Lipinski definition) is 8. The maximum Gasteiger partial charge on any atom is 1.00 e. The molecule has 0 radical (unpaired) electrons. The summed E-state index contributed by atoms with van der Waals surface area (Å²) in [7, 11) is 0. The summed E-state index contributed by atoms with van der Waals surface area (Å²) in [4.78, 5) is 18.0. The normalized spacial score (nSPS) is 8.17. The van der Waals surface area contributed by atoms with Crippen molar-refractivity contribution in [2.24, 2.45) is 0 Å². The van der Waals surface area contributed by atoms with Gasteiger partial charge in [-0.05, 0) is 132 Å². The standard InChI is InChI=1S/2C25H23NOS.C3H6O2.C3H8.7C2H6.6CH4.Li.H2O/c2*1-17-12-24(27-14-20-8-5-4-6-9-20)25(19(3)18(17)2)23-16-28-15-22(23)21-10-7-11-26-13-21;1-2-3(4)5;1-3-2;7*1-2;;;;;;;;/h2*4-13,15-16H,14H2,1-3H3;2H2,1H3,(H,4,5);3H2,1-2H3;7*1-2H3;6*1H4;;1H2/q;;;;;;;;;;;;;;;;;+1;/p-1. The summed E-state index contributed by atoms with van der Waals surface area (Å²) in [6.45, 7) is 48.0. The minimum absolute atomic E-state index is 0. The van der Waals surface area contributed by atoms with E-state index >= 15 is 0 Å². The van der Waals surface area contributed by atoms with E-state index in [0.717, 1.165) is 22.6 Å². The first-order valence-electron chi connectivity index (χ1n) is 28.7. The fourth-order valence-electron chi connectivity index (χ4n) is 6.93. The van der Waals surface area contributed by atoms with Crippen LogP contribution in [0.15, 0.2) is 143 Å². The van der Waals surface area contributed by atoms with E-state index < -0.39 is 5.97 Å². The van der Waals surface area contributed by atoms with Gasteiger partial charge in [-0.25, -0.2) is 0 Å². The molecule has 0 bridgehead atoms. The number of carboxylic acid groups (broad SMARTS) is 1. The maximum absolute atomic E-state index is 9.37. The summed E-state index contributed by atoms with van der Waals surface area (Å²) in [6, 6.07) is 33.2. The minimum Gasteiger partial charge on any atom is -0.870 e. The molecule has 4 aromatic heterocycles. The Hall–Kier alpha value is -5.79. The van der Waals surface area contributed by atoms with Gasteiger partial charge in [0.1, 0.15) is 24.7 Å². The average molecular weight is 1220 g/mol. The molecule has 0 saturated carbocycles. The number of nitrogens with zero attached hydrogens (tertiary/aromatic N) is 2. The van der Waals surface area contributed by atoms with Crippen LogP contribution < -0.4 is 28.3 Å². The number of pyridine rings is 2. The van der Waals surface area contributed by atoms with Gasteiger partial charge >= 0.3 is 24.8 Å². The third-order valence-corrected chi connectivity index (χ3v) is 12.3. The van der Waals surface area contributed by atoms with Crippen LogP contribution in [0.1, 0.15) is 220 Å². The molecule has 10 heteroatoms. The Morgan fingerprint density at radius 3 is 0.953 bits per heavy atom. The molecule has 0 aliphatic rings. The number of carboxylic acids is 1. The zero-order valence-electron chi connectivity index (χ0n) is 54.0. The number of rotatable bonds is 11. The van der Waals surface area contributed by atoms with Gasteiger partial charge in [-0.2, -0.15) is 22.7 Å². The summed E-state index contributed by atoms with van der Waals surface area (Å²) in [5, 5.41) is 16.5. The van der Waals surface area contributed by atoms with Crippen LogP contribution in [0.4, 0.5) is 0 Å². The molecule has 0 aliphatic carbocycles. The molecule has 4 aromatic carbocycles. The smallest absolute Gasteiger partial charge is 0.870 e. The predicted molar refractivity (Wildman–Crippen MR) is 392 cm³/mol. The third-order valence-electron chi connectivity index (χ3n) is 10.8. The molecule has 0 spiro atoms. The number of benzene rings is 4. The van der Waals surface area contributed by atoms with E-state index in [0.29, 0.717) is 13.2 Å². The van der Waals surface area contributed by atoms with Crippen molar-refractivity contribution in [3.8, 4) is 56.0 Å². The van der Waals surface area contributed by atoms with Crippen molar-refractivity contribution in [3.05, 3.63) is 188 Å². The molecule has 0 amide bonds. The first kappa shape index (κ1) is 105. The Bertz CT molecular complexity index is 2510. The van der Waals surface area contributed by atoms with Crippen molar-refractivity contribution >= 4 is 28.6 Å². The Labute approximate surface area is 552 Å². The van der Waals surface area contributed by atoms with Gasteiger partial charge in [0.25, 0.3) is 0 Å². The van der Waals surface area contributed by atoms with Crippen LogP contribution >= 0.6 is 22.7 Å². The third kappa shape index (κ3) is 35.7. The molecule has 8 rings (SSSR count). The van der Waals surface area contributed by atoms with Gasteiger partial charge in [0.2, 0.25) is 0 Å². The van der Waals surface area contributed by atoms with Crippen LogP contribution in [-0.4, -0.2) is 26.5 Å². The van der Waals surface area contributed by atoms with E-state index in [2.05, 4.69) is 135 Å². The molecule has 4 heterocycles. The van der Waals surface area contributed by atoms with Crippen LogP contribution in [0, 0.1) is 41.5 Å². The molecule has 86 heavy (non-hydrogen) atoms. The van der Waals surface area contributed by atoms with Crippen LogP contribution in [0.3, 0.4) is 0 Å². The Balaban J connectivity index is -0.000000102. The molecule has 0 saturated heterocycles. The second-order valence-corrected chi connectivity index (χ2v) is 17.0. The quantitative estimate of drug-likeness (QED) is 0.128. The van der Waals surface area contributed by atoms with Crippen molar-refractivity contribution in [1.82, 2.24) is 9.97 Å². The summed E-state index contributed by atoms with van der Waals surface area (Å²) >= 11 is 3.43. The summed E-state index contributed by atoms with van der Waals surface area (Å²) in [5.41, 5.74) is 19.4. The molecule has 2 N–H and O–H groups in total. The maximum atomic E-state index is 9.37. The van der Waals surface area contributed by atoms with E-state index in [9.17, 15) is 4.79 Å². The summed E-state index contributed by atoms with van der Waals surface area (Å²) in [6.07, 6.45) is 8.94. The van der Waals surface area contributed by atoms with Gasteiger partial charge in [0.15, 0.2) is 0 Å². The van der Waals surface area contributed by atoms with E-state index in [1.54, 1.807) is 29.6 Å². The van der Waals surface area contributed by atoms with Crippen LogP contribution in [0.5, 0.6) is 11.5 Å². The minimum atomic E-state index is -0.745. The number of ether oxygens (including phenoxy) is 2. The fourth-order valence-corrected chi connectivity index (χ4v) is 8.63. The van der Waals surface area contributed by atoms with Crippen molar-refractivity contribution < 1.29 is 43.7 Å². The van der Waals surface area contributed by atoms with Crippen molar-refractivity contribution in [2.45, 2.75) is 230 Å². The average Bonchev–Trinajstić information content (AvgIpc) is 4.15. The Morgan fingerprint density at radius 1 is 0.442 bits per heavy atom. The van der Waals surface area contributed by atoms with Crippen molar-refractivity contribution in [3.63, 3.8) is 0 Å². The zero-order valence-corrected chi connectivity index (χ0v) is 55.6. The van der Waals surface area contributed by atoms with Gasteiger partial charge in [0, 0.05) is 75.7 Å². The van der Waals surface area contributed by atoms with Crippen LogP contribution in [0.25, 0.3) is 44.5 Å². The van der Waals surface area contributed by atoms with Crippen LogP contribution in [-0.2, 0) is 18.0 Å². The molecular formula is C76H127LiN2O5S2. The molecule has 484 valence electrons. The Kier molecular flexibility index (Phi) is 81.5. The van der Waals surface area contributed by atoms with Gasteiger partial charge in [-0.1, -0.05) is 241 Å². The number of hydrogen-bond donors (Lipinski definition) is 1. The monoisotopic (exact) mass is 1220 g/mol. The molecule has 0 atom stereocenters. The predicted octanol–water partition coefficient (Wildman–Crippen LogP) is 23.7. The molecule has 7 nitrogen and oxygen atoms in total. The van der Waals surface area contributed by atoms with Crippen molar-refractivity contribution in [2.75, 3.05) is 0 Å². The number of aliphatic carboxylic acids is 1. The topological polar surface area (TPSA) is 112 Å². The molecular weight excluding hydrogens is 1090 g/mol. The number of carbonyl (C=O) groups is 1. The molecule has 0 unspecified atom stereocenters. The molecule has 0 aliphatic heterocycles. The van der Waals surface area contributed by atoms with E-state index in [-0.39, 0.29) is 75.3 Å². The van der Waals surface area contributed by atoms with E-state index in [1.807, 2.05) is 170 Å². The zero-order chi connectivity index (χ0) is 60.0. The number of aromatic nitrogens is 2. The van der Waals surface area contributed by atoms with Gasteiger partial charge < -0.3 is 20.1 Å². The van der Waals surface area contributed by atoms with E-state index in [4.69, 9.17) is 14.6 Å². The van der Waals surface area contributed by atoms with Crippen molar-refractivity contribution in [1.29, 1.82) is 0 Å². The summed E-state index contributed by atoms with van der Waals surface area (Å²) < 4.78 is 12.7.